The summed E-state index contributed by atoms with van der Waals surface area (Å²) in [6.45, 7) is 4.82. The largest absolute Gasteiger partial charge is 0.476 e. The molecule has 14 heavy (non-hydrogen) atoms. The number of ether oxygens (including phenoxy) is 1. The Balaban J connectivity index is 2.27. The molecule has 0 unspecified atom stereocenters. The summed E-state index contributed by atoms with van der Waals surface area (Å²) in [7, 11) is 0. The molecule has 0 atom stereocenters. The lowest BCUT2D eigenvalue weighted by Crippen LogP contribution is -2.06. The van der Waals surface area contributed by atoms with Gasteiger partial charge in [-0.05, 0) is 5.92 Å². The van der Waals surface area contributed by atoms with Gasteiger partial charge in [-0.2, -0.15) is 10.1 Å². The van der Waals surface area contributed by atoms with Crippen molar-refractivity contribution >= 4 is 11.0 Å². The van der Waals surface area contributed by atoms with Crippen molar-refractivity contribution in [3.8, 4) is 5.88 Å². The maximum absolute atomic E-state index is 5.52. The second-order valence-electron chi connectivity index (χ2n) is 3.51. The maximum Gasteiger partial charge on any atom is 0.243 e. The van der Waals surface area contributed by atoms with E-state index in [0.29, 0.717) is 18.4 Å². The number of H-pyrrole nitrogens is 1. The van der Waals surface area contributed by atoms with Crippen molar-refractivity contribution in [3.63, 3.8) is 0 Å². The van der Waals surface area contributed by atoms with Crippen molar-refractivity contribution in [1.82, 2.24) is 20.2 Å². The monoisotopic (exact) mass is 192 g/mol. The lowest BCUT2D eigenvalue weighted by Gasteiger charge is -2.07. The van der Waals surface area contributed by atoms with Crippen LogP contribution in [0.5, 0.6) is 5.88 Å². The van der Waals surface area contributed by atoms with Crippen LogP contribution in [0.1, 0.15) is 13.8 Å². The van der Waals surface area contributed by atoms with E-state index in [4.69, 9.17) is 4.74 Å². The van der Waals surface area contributed by atoms with Gasteiger partial charge < -0.3 is 4.74 Å². The number of hydrogen-bond donors (Lipinski definition) is 1. The molecule has 5 heteroatoms. The van der Waals surface area contributed by atoms with Crippen LogP contribution in [0.15, 0.2) is 12.5 Å². The predicted molar refractivity (Wildman–Crippen MR) is 52.0 cm³/mol. The van der Waals surface area contributed by atoms with Crippen LogP contribution in [-0.2, 0) is 0 Å². The van der Waals surface area contributed by atoms with Gasteiger partial charge >= 0.3 is 0 Å². The number of aromatic nitrogens is 4. The standard InChI is InChI=1S/C9H12N4O/c1-6(2)4-14-9-8-7(3-12-13-8)10-5-11-9/h3,5-6H,4H2,1-2H3,(H,12,13). The Morgan fingerprint density at radius 3 is 3.07 bits per heavy atom. The Morgan fingerprint density at radius 1 is 1.43 bits per heavy atom. The molecule has 2 aromatic heterocycles. The Bertz CT molecular complexity index is 423. The highest BCUT2D eigenvalue weighted by Gasteiger charge is 2.06. The highest BCUT2D eigenvalue weighted by atomic mass is 16.5. The van der Waals surface area contributed by atoms with Crippen molar-refractivity contribution in [2.45, 2.75) is 13.8 Å². The molecule has 0 aliphatic heterocycles. The minimum Gasteiger partial charge on any atom is -0.476 e. The normalized spacial score (nSPS) is 11.1. The van der Waals surface area contributed by atoms with Crippen LogP contribution in [0.3, 0.4) is 0 Å². The lowest BCUT2D eigenvalue weighted by atomic mass is 10.2. The fourth-order valence-electron chi connectivity index (χ4n) is 1.10. The van der Waals surface area contributed by atoms with Gasteiger partial charge in [0.1, 0.15) is 17.4 Å². The van der Waals surface area contributed by atoms with Crippen molar-refractivity contribution in [1.29, 1.82) is 0 Å². The molecule has 0 aromatic carbocycles. The molecular weight excluding hydrogens is 180 g/mol. The zero-order valence-corrected chi connectivity index (χ0v) is 8.19. The minimum atomic E-state index is 0.475. The maximum atomic E-state index is 5.52. The first kappa shape index (κ1) is 8.93. The molecule has 0 saturated carbocycles. The summed E-state index contributed by atoms with van der Waals surface area (Å²) in [6.07, 6.45) is 3.13. The van der Waals surface area contributed by atoms with Gasteiger partial charge in [-0.15, -0.1) is 0 Å². The van der Waals surface area contributed by atoms with Gasteiger partial charge in [-0.3, -0.25) is 5.10 Å². The Morgan fingerprint density at radius 2 is 2.29 bits per heavy atom. The minimum absolute atomic E-state index is 0.475. The van der Waals surface area contributed by atoms with Crippen molar-refractivity contribution in [3.05, 3.63) is 12.5 Å². The van der Waals surface area contributed by atoms with Crippen molar-refractivity contribution < 1.29 is 4.74 Å². The zero-order chi connectivity index (χ0) is 9.97. The summed E-state index contributed by atoms with van der Waals surface area (Å²) in [5.41, 5.74) is 1.53. The molecule has 0 aliphatic rings. The van der Waals surface area contributed by atoms with Gasteiger partial charge in [-0.25, -0.2) is 4.98 Å². The molecule has 0 fully saturated rings. The van der Waals surface area contributed by atoms with Crippen LogP contribution in [-0.4, -0.2) is 26.8 Å². The zero-order valence-electron chi connectivity index (χ0n) is 8.19. The summed E-state index contributed by atoms with van der Waals surface area (Å²) in [5, 5.41) is 6.69. The summed E-state index contributed by atoms with van der Waals surface area (Å²) in [6, 6.07) is 0. The van der Waals surface area contributed by atoms with Gasteiger partial charge in [0.25, 0.3) is 0 Å². The highest BCUT2D eigenvalue weighted by Crippen LogP contribution is 2.17. The summed E-state index contributed by atoms with van der Waals surface area (Å²) in [5.74, 6) is 1.05. The summed E-state index contributed by atoms with van der Waals surface area (Å²) in [4.78, 5) is 8.09. The molecule has 0 aliphatic carbocycles. The topological polar surface area (TPSA) is 63.7 Å². The lowest BCUT2D eigenvalue weighted by molar-refractivity contribution is 0.264. The van der Waals surface area contributed by atoms with Gasteiger partial charge in [0.15, 0.2) is 0 Å². The molecule has 0 amide bonds. The number of nitrogens with one attached hydrogen (secondary N) is 1. The Hall–Kier alpha value is -1.65. The van der Waals surface area contributed by atoms with E-state index in [9.17, 15) is 0 Å². The number of nitrogens with zero attached hydrogens (tertiary/aromatic N) is 3. The van der Waals surface area contributed by atoms with E-state index in [1.165, 1.54) is 6.33 Å². The average molecular weight is 192 g/mol. The average Bonchev–Trinajstić information content (AvgIpc) is 2.62. The van der Waals surface area contributed by atoms with Crippen LogP contribution < -0.4 is 4.74 Å². The van der Waals surface area contributed by atoms with Crippen LogP contribution in [0, 0.1) is 5.92 Å². The molecule has 1 N–H and O–H groups in total. The third kappa shape index (κ3) is 1.66. The second-order valence-corrected chi connectivity index (χ2v) is 3.51. The molecule has 74 valence electrons. The van der Waals surface area contributed by atoms with E-state index in [1.807, 2.05) is 0 Å². The molecule has 2 aromatic rings. The number of rotatable bonds is 3. The fraction of sp³-hybridized carbons (Fsp3) is 0.444. The summed E-state index contributed by atoms with van der Waals surface area (Å²) < 4.78 is 5.52. The van der Waals surface area contributed by atoms with E-state index in [1.54, 1.807) is 6.20 Å². The van der Waals surface area contributed by atoms with E-state index in [-0.39, 0.29) is 0 Å². The van der Waals surface area contributed by atoms with Gasteiger partial charge in [0, 0.05) is 0 Å². The van der Waals surface area contributed by atoms with Gasteiger partial charge in [-0.1, -0.05) is 13.8 Å². The highest BCUT2D eigenvalue weighted by molar-refractivity contribution is 5.77. The Kier molecular flexibility index (Phi) is 2.30. The fourth-order valence-corrected chi connectivity index (χ4v) is 1.10. The molecular formula is C9H12N4O. The van der Waals surface area contributed by atoms with Gasteiger partial charge in [0.2, 0.25) is 5.88 Å². The third-order valence-electron chi connectivity index (χ3n) is 1.76. The van der Waals surface area contributed by atoms with Crippen LogP contribution in [0.2, 0.25) is 0 Å². The first-order chi connectivity index (χ1) is 6.77. The van der Waals surface area contributed by atoms with Crippen LogP contribution >= 0.6 is 0 Å². The van der Waals surface area contributed by atoms with Crippen LogP contribution in [0.4, 0.5) is 0 Å². The SMILES string of the molecule is CC(C)COc1ncnc2cn[nH]c12. The second kappa shape index (κ2) is 3.61. The number of fused-ring (bicyclic) bond motifs is 1. The number of hydrogen-bond acceptors (Lipinski definition) is 4. The first-order valence-electron chi connectivity index (χ1n) is 4.54. The molecule has 0 saturated heterocycles. The molecule has 0 spiro atoms. The van der Waals surface area contributed by atoms with E-state index < -0.39 is 0 Å². The van der Waals surface area contributed by atoms with Crippen molar-refractivity contribution in [2.75, 3.05) is 6.61 Å². The smallest absolute Gasteiger partial charge is 0.243 e. The third-order valence-corrected chi connectivity index (χ3v) is 1.76. The first-order valence-corrected chi connectivity index (χ1v) is 4.54. The molecule has 0 bridgehead atoms. The van der Waals surface area contributed by atoms with Gasteiger partial charge in [0.05, 0.1) is 12.8 Å². The van der Waals surface area contributed by atoms with Crippen LogP contribution in [0.25, 0.3) is 11.0 Å². The van der Waals surface area contributed by atoms with E-state index in [2.05, 4.69) is 34.0 Å². The predicted octanol–water partition coefficient (Wildman–Crippen LogP) is 1.39. The molecule has 2 rings (SSSR count). The molecule has 2 heterocycles. The van der Waals surface area contributed by atoms with E-state index >= 15 is 0 Å². The summed E-state index contributed by atoms with van der Waals surface area (Å²) >= 11 is 0. The van der Waals surface area contributed by atoms with E-state index in [0.717, 1.165) is 11.0 Å². The molecule has 0 radical (unpaired) electrons. The number of aromatic amines is 1. The van der Waals surface area contributed by atoms with Crippen molar-refractivity contribution in [2.24, 2.45) is 5.92 Å². The Labute approximate surface area is 81.5 Å². The quantitative estimate of drug-likeness (QED) is 0.798. The molecule has 5 nitrogen and oxygen atoms in total.